The lowest BCUT2D eigenvalue weighted by Gasteiger charge is -2.17. The van der Waals surface area contributed by atoms with Gasteiger partial charge in [0.25, 0.3) is 0 Å². The molecule has 0 aromatic rings. The van der Waals surface area contributed by atoms with E-state index in [1.54, 1.807) is 0 Å². The van der Waals surface area contributed by atoms with Gasteiger partial charge in [-0.25, -0.2) is 0 Å². The predicted molar refractivity (Wildman–Crippen MR) is 67.6 cm³/mol. The first kappa shape index (κ1) is 11.8. The summed E-state index contributed by atoms with van der Waals surface area (Å²) in [5.74, 6) is 0.635. The van der Waals surface area contributed by atoms with Crippen LogP contribution in [0.4, 0.5) is 0 Å². The van der Waals surface area contributed by atoms with Crippen LogP contribution in [-0.2, 0) is 0 Å². The van der Waals surface area contributed by atoms with E-state index in [1.807, 2.05) is 6.20 Å². The molecule has 0 aliphatic carbocycles. The molecule has 1 aliphatic rings. The first-order valence-electron chi connectivity index (χ1n) is 5.70. The van der Waals surface area contributed by atoms with Crippen LogP contribution in [0.1, 0.15) is 26.7 Å². The second-order valence-electron chi connectivity index (χ2n) is 3.75. The predicted octanol–water partition coefficient (Wildman–Crippen LogP) is 3.58. The number of rotatable bonds is 5. The SMILES string of the molecule is C/C=C/CC(C/C=C/C)C1=CCNC=C1. The van der Waals surface area contributed by atoms with E-state index in [1.165, 1.54) is 5.57 Å². The van der Waals surface area contributed by atoms with Crippen LogP contribution >= 0.6 is 0 Å². The molecule has 0 saturated carbocycles. The topological polar surface area (TPSA) is 12.0 Å². The summed E-state index contributed by atoms with van der Waals surface area (Å²) in [6, 6.07) is 0. The number of hydrogen-bond acceptors (Lipinski definition) is 1. The first-order valence-corrected chi connectivity index (χ1v) is 5.70. The van der Waals surface area contributed by atoms with Crippen molar-refractivity contribution >= 4 is 0 Å². The van der Waals surface area contributed by atoms with Gasteiger partial charge in [0.15, 0.2) is 0 Å². The Hall–Kier alpha value is -1.24. The van der Waals surface area contributed by atoms with Crippen molar-refractivity contribution in [3.8, 4) is 0 Å². The molecule has 82 valence electrons. The van der Waals surface area contributed by atoms with E-state index in [9.17, 15) is 0 Å². The fourth-order valence-corrected chi connectivity index (χ4v) is 1.74. The summed E-state index contributed by atoms with van der Waals surface area (Å²) >= 11 is 0. The van der Waals surface area contributed by atoms with Gasteiger partial charge in [0.2, 0.25) is 0 Å². The van der Waals surface area contributed by atoms with Gasteiger partial charge in [-0.05, 0) is 50.5 Å². The quantitative estimate of drug-likeness (QED) is 0.673. The average molecular weight is 203 g/mol. The van der Waals surface area contributed by atoms with Crippen LogP contribution in [0.15, 0.2) is 48.2 Å². The Morgan fingerprint density at radius 3 is 2.40 bits per heavy atom. The molecule has 0 atom stereocenters. The van der Waals surface area contributed by atoms with E-state index in [0.717, 1.165) is 19.4 Å². The largest absolute Gasteiger partial charge is 0.387 e. The molecule has 0 unspecified atom stereocenters. The highest BCUT2D eigenvalue weighted by Gasteiger charge is 2.10. The van der Waals surface area contributed by atoms with Crippen LogP contribution in [0.3, 0.4) is 0 Å². The van der Waals surface area contributed by atoms with Gasteiger partial charge in [0.05, 0.1) is 0 Å². The zero-order chi connectivity index (χ0) is 10.9. The van der Waals surface area contributed by atoms with Gasteiger partial charge in [-0.15, -0.1) is 0 Å². The Kier molecular flexibility index (Phi) is 5.60. The molecular formula is C14H21N. The van der Waals surface area contributed by atoms with Gasteiger partial charge in [0, 0.05) is 6.54 Å². The monoisotopic (exact) mass is 203 g/mol. The van der Waals surface area contributed by atoms with Crippen molar-refractivity contribution in [1.29, 1.82) is 0 Å². The van der Waals surface area contributed by atoms with Crippen LogP contribution in [-0.4, -0.2) is 6.54 Å². The molecule has 1 aliphatic heterocycles. The maximum Gasteiger partial charge on any atom is 0.0331 e. The Morgan fingerprint density at radius 2 is 1.93 bits per heavy atom. The molecule has 1 heteroatoms. The van der Waals surface area contributed by atoms with E-state index in [0.29, 0.717) is 5.92 Å². The van der Waals surface area contributed by atoms with Crippen molar-refractivity contribution in [3.63, 3.8) is 0 Å². The third-order valence-corrected chi connectivity index (χ3v) is 2.63. The summed E-state index contributed by atoms with van der Waals surface area (Å²) in [6.45, 7) is 5.13. The van der Waals surface area contributed by atoms with Crippen molar-refractivity contribution in [2.75, 3.05) is 6.54 Å². The second kappa shape index (κ2) is 7.10. The molecule has 0 bridgehead atoms. The third kappa shape index (κ3) is 4.20. The fourth-order valence-electron chi connectivity index (χ4n) is 1.74. The Morgan fingerprint density at radius 1 is 1.27 bits per heavy atom. The lowest BCUT2D eigenvalue weighted by molar-refractivity contribution is 0.639. The van der Waals surface area contributed by atoms with Crippen molar-refractivity contribution < 1.29 is 0 Å². The van der Waals surface area contributed by atoms with Crippen molar-refractivity contribution in [2.24, 2.45) is 5.92 Å². The minimum Gasteiger partial charge on any atom is -0.387 e. The van der Waals surface area contributed by atoms with E-state index in [2.05, 4.69) is 55.6 Å². The van der Waals surface area contributed by atoms with Crippen molar-refractivity contribution in [2.45, 2.75) is 26.7 Å². The molecule has 0 aromatic heterocycles. The smallest absolute Gasteiger partial charge is 0.0331 e. The van der Waals surface area contributed by atoms with E-state index < -0.39 is 0 Å². The molecule has 15 heavy (non-hydrogen) atoms. The highest BCUT2D eigenvalue weighted by molar-refractivity contribution is 5.26. The van der Waals surface area contributed by atoms with Gasteiger partial charge in [-0.1, -0.05) is 30.4 Å². The standard InChI is InChI=1S/C14H21N/c1-3-5-7-13(8-6-4-2)14-9-11-15-12-10-14/h3-6,9-11,13,15H,7-8,12H2,1-2H3/b5-3+,6-4+. The molecule has 0 amide bonds. The van der Waals surface area contributed by atoms with Crippen LogP contribution in [0.2, 0.25) is 0 Å². The van der Waals surface area contributed by atoms with E-state index >= 15 is 0 Å². The molecule has 0 spiro atoms. The summed E-state index contributed by atoms with van der Waals surface area (Å²) in [5.41, 5.74) is 1.46. The molecule has 0 aromatic carbocycles. The zero-order valence-electron chi connectivity index (χ0n) is 9.74. The minimum absolute atomic E-state index is 0.635. The highest BCUT2D eigenvalue weighted by atomic mass is 14.8. The van der Waals surface area contributed by atoms with Gasteiger partial charge < -0.3 is 5.32 Å². The van der Waals surface area contributed by atoms with Crippen LogP contribution in [0.25, 0.3) is 0 Å². The summed E-state index contributed by atoms with van der Waals surface area (Å²) in [5, 5.41) is 3.19. The third-order valence-electron chi connectivity index (χ3n) is 2.63. The van der Waals surface area contributed by atoms with Crippen molar-refractivity contribution in [3.05, 3.63) is 48.2 Å². The van der Waals surface area contributed by atoms with Gasteiger partial charge in [0.1, 0.15) is 0 Å². The summed E-state index contributed by atoms with van der Waals surface area (Å²) in [6.07, 6.45) is 17.6. The molecule has 1 heterocycles. The van der Waals surface area contributed by atoms with Gasteiger partial charge in [-0.3, -0.25) is 0 Å². The minimum atomic E-state index is 0.635. The van der Waals surface area contributed by atoms with E-state index in [-0.39, 0.29) is 0 Å². The molecule has 0 saturated heterocycles. The van der Waals surface area contributed by atoms with Gasteiger partial charge >= 0.3 is 0 Å². The number of hydrogen-bond donors (Lipinski definition) is 1. The maximum absolute atomic E-state index is 3.19. The van der Waals surface area contributed by atoms with E-state index in [4.69, 9.17) is 0 Å². The first-order chi connectivity index (χ1) is 7.38. The summed E-state index contributed by atoms with van der Waals surface area (Å²) in [4.78, 5) is 0. The van der Waals surface area contributed by atoms with Crippen LogP contribution < -0.4 is 5.32 Å². The average Bonchev–Trinajstić information content (AvgIpc) is 2.30. The van der Waals surface area contributed by atoms with Crippen molar-refractivity contribution in [1.82, 2.24) is 5.32 Å². The fraction of sp³-hybridized carbons (Fsp3) is 0.429. The number of nitrogens with one attached hydrogen (secondary N) is 1. The molecule has 0 radical (unpaired) electrons. The molecule has 1 rings (SSSR count). The molecular weight excluding hydrogens is 182 g/mol. The number of dihydropyridines is 1. The summed E-state index contributed by atoms with van der Waals surface area (Å²) < 4.78 is 0. The van der Waals surface area contributed by atoms with Crippen LogP contribution in [0.5, 0.6) is 0 Å². The molecule has 1 N–H and O–H groups in total. The second-order valence-corrected chi connectivity index (χ2v) is 3.75. The summed E-state index contributed by atoms with van der Waals surface area (Å²) in [7, 11) is 0. The molecule has 1 nitrogen and oxygen atoms in total. The maximum atomic E-state index is 3.19. The number of allylic oxidation sites excluding steroid dienone is 6. The lowest BCUT2D eigenvalue weighted by atomic mass is 9.90. The Labute approximate surface area is 93.3 Å². The Bertz CT molecular complexity index is 268. The van der Waals surface area contributed by atoms with Gasteiger partial charge in [-0.2, -0.15) is 0 Å². The zero-order valence-corrected chi connectivity index (χ0v) is 9.74. The van der Waals surface area contributed by atoms with Crippen LogP contribution in [0, 0.1) is 5.92 Å². The lowest BCUT2D eigenvalue weighted by Crippen LogP contribution is -2.12. The molecule has 0 fully saturated rings. The normalized spacial score (nSPS) is 16.3. The highest BCUT2D eigenvalue weighted by Crippen LogP contribution is 2.22. The Balaban J connectivity index is 2.61.